The number of carbonyl (C=O) groups excluding carboxylic acids is 1. The first kappa shape index (κ1) is 16.3. The molecule has 21 heavy (non-hydrogen) atoms. The number of amides is 1. The van der Waals surface area contributed by atoms with Gasteiger partial charge in [-0.3, -0.25) is 4.79 Å². The van der Waals surface area contributed by atoms with Gasteiger partial charge in [0.2, 0.25) is 5.91 Å². The second-order valence-corrected chi connectivity index (χ2v) is 6.27. The first-order valence-electron chi connectivity index (χ1n) is 7.62. The lowest BCUT2D eigenvalue weighted by molar-refractivity contribution is -0.116. The van der Waals surface area contributed by atoms with E-state index >= 15 is 0 Å². The third-order valence-corrected chi connectivity index (χ3v) is 4.25. The minimum Gasteiger partial charge on any atom is -0.492 e. The van der Waals surface area contributed by atoms with Crippen molar-refractivity contribution in [3.63, 3.8) is 0 Å². The molecule has 0 aliphatic carbocycles. The van der Waals surface area contributed by atoms with Crippen LogP contribution in [0.3, 0.4) is 0 Å². The Kier molecular flexibility index (Phi) is 6.51. The Hall–Kier alpha value is -1.07. The number of halogens is 1. The molecule has 1 aliphatic heterocycles. The number of ether oxygens (including phenoxy) is 1. The summed E-state index contributed by atoms with van der Waals surface area (Å²) in [5, 5.41) is 6.31. The highest BCUT2D eigenvalue weighted by molar-refractivity contribution is 9.10. The van der Waals surface area contributed by atoms with Crippen LogP contribution in [-0.4, -0.2) is 25.6 Å². The van der Waals surface area contributed by atoms with Gasteiger partial charge in [0.15, 0.2) is 0 Å². The predicted octanol–water partition coefficient (Wildman–Crippen LogP) is 3.57. The Morgan fingerprint density at radius 1 is 1.43 bits per heavy atom. The van der Waals surface area contributed by atoms with E-state index in [2.05, 4.69) is 26.6 Å². The highest BCUT2D eigenvalue weighted by atomic mass is 79.9. The first-order chi connectivity index (χ1) is 10.2. The molecule has 1 aliphatic rings. The van der Waals surface area contributed by atoms with Crippen LogP contribution in [0.5, 0.6) is 5.75 Å². The Bertz CT molecular complexity index is 473. The maximum absolute atomic E-state index is 12.1. The minimum atomic E-state index is 0.0626. The van der Waals surface area contributed by atoms with Crippen molar-refractivity contribution >= 4 is 27.5 Å². The van der Waals surface area contributed by atoms with E-state index in [9.17, 15) is 4.79 Å². The highest BCUT2D eigenvalue weighted by Gasteiger charge is 2.15. The standard InChI is InChI=1S/C16H23BrN2O2/c1-2-21-15-5-4-13(17)11-14(15)19-16(20)6-3-12-7-9-18-10-8-12/h4-5,11-12,18H,2-3,6-10H2,1H3,(H,19,20). The molecule has 0 aromatic heterocycles. The molecule has 2 rings (SSSR count). The van der Waals surface area contributed by atoms with Crippen molar-refractivity contribution in [3.8, 4) is 5.75 Å². The lowest BCUT2D eigenvalue weighted by Crippen LogP contribution is -2.28. The van der Waals surface area contributed by atoms with E-state index in [1.807, 2.05) is 25.1 Å². The zero-order chi connectivity index (χ0) is 15.1. The van der Waals surface area contributed by atoms with Crippen molar-refractivity contribution in [2.45, 2.75) is 32.6 Å². The molecular weight excluding hydrogens is 332 g/mol. The molecule has 0 saturated carbocycles. The molecule has 0 bridgehead atoms. The number of piperidine rings is 1. The van der Waals surface area contributed by atoms with Crippen LogP contribution < -0.4 is 15.4 Å². The average molecular weight is 355 g/mol. The van der Waals surface area contributed by atoms with Gasteiger partial charge in [0.1, 0.15) is 5.75 Å². The molecule has 4 nitrogen and oxygen atoms in total. The van der Waals surface area contributed by atoms with Gasteiger partial charge < -0.3 is 15.4 Å². The van der Waals surface area contributed by atoms with Crippen molar-refractivity contribution in [1.29, 1.82) is 0 Å². The summed E-state index contributed by atoms with van der Waals surface area (Å²) in [6.45, 7) is 4.67. The summed E-state index contributed by atoms with van der Waals surface area (Å²) in [6, 6.07) is 5.67. The van der Waals surface area contributed by atoms with Crippen molar-refractivity contribution in [2.24, 2.45) is 5.92 Å². The third-order valence-electron chi connectivity index (χ3n) is 3.75. The van der Waals surface area contributed by atoms with Crippen LogP contribution in [0.2, 0.25) is 0 Å². The molecule has 0 radical (unpaired) electrons. The normalized spacial score (nSPS) is 15.7. The van der Waals surface area contributed by atoms with Crippen molar-refractivity contribution in [3.05, 3.63) is 22.7 Å². The number of rotatable bonds is 6. The van der Waals surface area contributed by atoms with Crippen LogP contribution in [0.1, 0.15) is 32.6 Å². The molecule has 5 heteroatoms. The van der Waals surface area contributed by atoms with Gasteiger partial charge in [0, 0.05) is 10.9 Å². The summed E-state index contributed by atoms with van der Waals surface area (Å²) in [4.78, 5) is 12.1. The number of anilines is 1. The number of hydrogen-bond donors (Lipinski definition) is 2. The van der Waals surface area contributed by atoms with Gasteiger partial charge in [-0.25, -0.2) is 0 Å². The summed E-state index contributed by atoms with van der Waals surface area (Å²) in [5.74, 6) is 1.45. The van der Waals surface area contributed by atoms with E-state index in [0.717, 1.165) is 35.4 Å². The molecule has 1 fully saturated rings. The van der Waals surface area contributed by atoms with Crippen LogP contribution in [0, 0.1) is 5.92 Å². The van der Waals surface area contributed by atoms with Crippen LogP contribution in [0.25, 0.3) is 0 Å². The second-order valence-electron chi connectivity index (χ2n) is 5.35. The fourth-order valence-electron chi connectivity index (χ4n) is 2.60. The smallest absolute Gasteiger partial charge is 0.224 e. The molecule has 1 heterocycles. The van der Waals surface area contributed by atoms with Gasteiger partial charge in [-0.1, -0.05) is 15.9 Å². The summed E-state index contributed by atoms with van der Waals surface area (Å²) in [5.41, 5.74) is 0.738. The van der Waals surface area contributed by atoms with Gasteiger partial charge in [0.25, 0.3) is 0 Å². The van der Waals surface area contributed by atoms with Crippen LogP contribution in [-0.2, 0) is 4.79 Å². The molecule has 1 saturated heterocycles. The van der Waals surface area contributed by atoms with Crippen molar-refractivity contribution in [2.75, 3.05) is 25.0 Å². The summed E-state index contributed by atoms with van der Waals surface area (Å²) >= 11 is 3.43. The zero-order valence-corrected chi connectivity index (χ0v) is 14.0. The van der Waals surface area contributed by atoms with E-state index in [0.29, 0.717) is 18.9 Å². The van der Waals surface area contributed by atoms with Gasteiger partial charge in [-0.15, -0.1) is 0 Å². The Balaban J connectivity index is 1.87. The quantitative estimate of drug-likeness (QED) is 0.820. The maximum Gasteiger partial charge on any atom is 0.224 e. The second kappa shape index (κ2) is 8.39. The van der Waals surface area contributed by atoms with Crippen molar-refractivity contribution in [1.82, 2.24) is 5.32 Å². The molecule has 116 valence electrons. The largest absolute Gasteiger partial charge is 0.492 e. The van der Waals surface area contributed by atoms with E-state index in [-0.39, 0.29) is 5.91 Å². The lowest BCUT2D eigenvalue weighted by Gasteiger charge is -2.22. The molecule has 0 unspecified atom stereocenters. The molecule has 0 spiro atoms. The highest BCUT2D eigenvalue weighted by Crippen LogP contribution is 2.28. The molecular formula is C16H23BrN2O2. The third kappa shape index (κ3) is 5.32. The summed E-state index contributed by atoms with van der Waals surface area (Å²) in [6.07, 6.45) is 3.89. The predicted molar refractivity (Wildman–Crippen MR) is 88.8 cm³/mol. The number of hydrogen-bond acceptors (Lipinski definition) is 3. The maximum atomic E-state index is 12.1. The SMILES string of the molecule is CCOc1ccc(Br)cc1NC(=O)CCC1CCNCC1. The van der Waals surface area contributed by atoms with Gasteiger partial charge >= 0.3 is 0 Å². The molecule has 1 aromatic carbocycles. The molecule has 0 atom stereocenters. The number of benzene rings is 1. The average Bonchev–Trinajstić information content (AvgIpc) is 2.49. The number of carbonyl (C=O) groups is 1. The summed E-state index contributed by atoms with van der Waals surface area (Å²) < 4.78 is 6.47. The van der Waals surface area contributed by atoms with Gasteiger partial charge in [-0.2, -0.15) is 0 Å². The lowest BCUT2D eigenvalue weighted by atomic mass is 9.93. The Labute approximate surface area is 134 Å². The van der Waals surface area contributed by atoms with Crippen LogP contribution >= 0.6 is 15.9 Å². The minimum absolute atomic E-state index is 0.0626. The molecule has 1 aromatic rings. The fourth-order valence-corrected chi connectivity index (χ4v) is 2.96. The van der Waals surface area contributed by atoms with E-state index in [4.69, 9.17) is 4.74 Å². The van der Waals surface area contributed by atoms with Gasteiger partial charge in [0.05, 0.1) is 12.3 Å². The first-order valence-corrected chi connectivity index (χ1v) is 8.41. The number of nitrogens with one attached hydrogen (secondary N) is 2. The van der Waals surface area contributed by atoms with E-state index in [1.54, 1.807) is 0 Å². The molecule has 2 N–H and O–H groups in total. The Morgan fingerprint density at radius 3 is 2.90 bits per heavy atom. The van der Waals surface area contributed by atoms with Crippen molar-refractivity contribution < 1.29 is 9.53 Å². The monoisotopic (exact) mass is 354 g/mol. The topological polar surface area (TPSA) is 50.4 Å². The van der Waals surface area contributed by atoms with Crippen LogP contribution in [0.4, 0.5) is 5.69 Å². The zero-order valence-electron chi connectivity index (χ0n) is 12.5. The van der Waals surface area contributed by atoms with Crippen LogP contribution in [0.15, 0.2) is 22.7 Å². The van der Waals surface area contributed by atoms with E-state index in [1.165, 1.54) is 12.8 Å². The fraction of sp³-hybridized carbons (Fsp3) is 0.562. The van der Waals surface area contributed by atoms with Gasteiger partial charge in [-0.05, 0) is 63.4 Å². The summed E-state index contributed by atoms with van der Waals surface area (Å²) in [7, 11) is 0. The molecule has 1 amide bonds. The van der Waals surface area contributed by atoms with E-state index < -0.39 is 0 Å². The Morgan fingerprint density at radius 2 is 2.19 bits per heavy atom.